The fraction of sp³-hybridized carbons (Fsp3) is 0.259. The lowest BCUT2D eigenvalue weighted by molar-refractivity contribution is -0.177. The zero-order chi connectivity index (χ0) is 25.8. The lowest BCUT2D eigenvalue weighted by atomic mass is 9.80. The second-order valence-corrected chi connectivity index (χ2v) is 8.53. The Morgan fingerprint density at radius 2 is 1.61 bits per heavy atom. The van der Waals surface area contributed by atoms with E-state index in [1.807, 2.05) is 36.4 Å². The van der Waals surface area contributed by atoms with Crippen LogP contribution < -0.4 is 15.2 Å². The third-order valence-electron chi connectivity index (χ3n) is 6.44. The molecular formula is C27H27N3O6. The molecule has 2 aromatic carbocycles. The van der Waals surface area contributed by atoms with Crippen molar-refractivity contribution in [2.75, 3.05) is 20.0 Å². The fourth-order valence-electron chi connectivity index (χ4n) is 4.75. The molecule has 186 valence electrons. The summed E-state index contributed by atoms with van der Waals surface area (Å²) in [6, 6.07) is 16.5. The number of benzene rings is 2. The molecule has 3 aromatic rings. The van der Waals surface area contributed by atoms with E-state index in [9.17, 15) is 19.5 Å². The van der Waals surface area contributed by atoms with Gasteiger partial charge in [-0.1, -0.05) is 36.4 Å². The van der Waals surface area contributed by atoms with Gasteiger partial charge < -0.3 is 20.3 Å². The number of hydrogen-bond acceptors (Lipinski definition) is 7. The van der Waals surface area contributed by atoms with Crippen LogP contribution in [0.25, 0.3) is 0 Å². The molecule has 1 saturated heterocycles. The minimum Gasteiger partial charge on any atom is -0.496 e. The van der Waals surface area contributed by atoms with Gasteiger partial charge in [-0.2, -0.15) is 0 Å². The number of rotatable bonds is 9. The Bertz CT molecular complexity index is 1250. The topological polar surface area (TPSA) is 132 Å². The number of nitrogens with zero attached hydrogens (tertiary/aromatic N) is 2. The summed E-state index contributed by atoms with van der Waals surface area (Å²) in [6.07, 6.45) is 1.50. The lowest BCUT2D eigenvalue weighted by Crippen LogP contribution is -2.66. The van der Waals surface area contributed by atoms with Gasteiger partial charge in [0.1, 0.15) is 23.4 Å². The number of carboxylic acid groups (broad SMARTS) is 1. The van der Waals surface area contributed by atoms with Crippen LogP contribution in [0.5, 0.6) is 11.5 Å². The predicted molar refractivity (Wildman–Crippen MR) is 132 cm³/mol. The van der Waals surface area contributed by atoms with E-state index in [1.54, 1.807) is 24.3 Å². The first-order chi connectivity index (χ1) is 17.3. The first-order valence-electron chi connectivity index (χ1n) is 11.4. The third-order valence-corrected chi connectivity index (χ3v) is 6.44. The summed E-state index contributed by atoms with van der Waals surface area (Å²) in [6.45, 7) is 0. The number of carboxylic acids is 1. The van der Waals surface area contributed by atoms with Gasteiger partial charge in [-0.05, 0) is 36.2 Å². The van der Waals surface area contributed by atoms with Crippen LogP contribution in [0.1, 0.15) is 29.0 Å². The molecule has 1 fully saturated rings. The highest BCUT2D eigenvalue weighted by atomic mass is 16.5. The molecule has 0 saturated carbocycles. The van der Waals surface area contributed by atoms with Crippen molar-refractivity contribution in [1.29, 1.82) is 0 Å². The maximum atomic E-state index is 13.5. The van der Waals surface area contributed by atoms with E-state index in [0.717, 1.165) is 16.0 Å². The number of para-hydroxylation sites is 2. The monoisotopic (exact) mass is 489 g/mol. The van der Waals surface area contributed by atoms with Gasteiger partial charge in [-0.3, -0.25) is 14.5 Å². The Morgan fingerprint density at radius 1 is 1.03 bits per heavy atom. The van der Waals surface area contributed by atoms with Gasteiger partial charge in [0.05, 0.1) is 20.1 Å². The van der Waals surface area contributed by atoms with Crippen LogP contribution >= 0.6 is 0 Å². The van der Waals surface area contributed by atoms with E-state index in [4.69, 9.17) is 15.2 Å². The molecule has 0 spiro atoms. The molecule has 9 nitrogen and oxygen atoms in total. The summed E-state index contributed by atoms with van der Waals surface area (Å²) in [4.78, 5) is 43.4. The highest BCUT2D eigenvalue weighted by molar-refractivity contribution is 6.08. The number of methoxy groups -OCH3 is 2. The summed E-state index contributed by atoms with van der Waals surface area (Å²) in [5.41, 5.74) is 7.84. The van der Waals surface area contributed by atoms with Crippen LogP contribution in [0.15, 0.2) is 66.9 Å². The van der Waals surface area contributed by atoms with E-state index in [-0.39, 0.29) is 18.7 Å². The number of imide groups is 1. The Hall–Kier alpha value is -4.40. The number of ether oxygens (including phenoxy) is 2. The number of anilines is 1. The highest BCUT2D eigenvalue weighted by Crippen LogP contribution is 2.40. The maximum absolute atomic E-state index is 13.5. The third kappa shape index (κ3) is 4.72. The number of nitrogen functional groups attached to an aromatic ring is 1. The lowest BCUT2D eigenvalue weighted by Gasteiger charge is -2.43. The number of carbonyl (C=O) groups excluding carboxylic acids is 2. The van der Waals surface area contributed by atoms with Crippen molar-refractivity contribution in [2.24, 2.45) is 5.92 Å². The van der Waals surface area contributed by atoms with Crippen molar-refractivity contribution in [3.05, 3.63) is 83.6 Å². The molecule has 2 atom stereocenters. The minimum absolute atomic E-state index is 0.148. The number of β-lactam (4-membered cyclic amide) rings is 1. The SMILES string of the molecule is COc1ccccc1C(CC(=O)N1C(=O)[C@H](Cc2ccnc(N)c2)[C@H]1C(=O)O)c1ccccc1OC. The van der Waals surface area contributed by atoms with E-state index >= 15 is 0 Å². The summed E-state index contributed by atoms with van der Waals surface area (Å²) >= 11 is 0. The van der Waals surface area contributed by atoms with E-state index in [0.29, 0.717) is 17.1 Å². The minimum atomic E-state index is -1.27. The van der Waals surface area contributed by atoms with Crippen LogP contribution in [-0.4, -0.2) is 53.0 Å². The quantitative estimate of drug-likeness (QED) is 0.439. The first-order valence-corrected chi connectivity index (χ1v) is 11.4. The molecule has 1 aromatic heterocycles. The molecule has 1 aliphatic heterocycles. The Balaban J connectivity index is 1.64. The number of likely N-dealkylation sites (tertiary alicyclic amines) is 1. The average Bonchev–Trinajstić information content (AvgIpc) is 2.88. The molecule has 1 aliphatic rings. The number of carbonyl (C=O) groups is 3. The molecular weight excluding hydrogens is 462 g/mol. The smallest absolute Gasteiger partial charge is 0.327 e. The zero-order valence-corrected chi connectivity index (χ0v) is 20.0. The van der Waals surface area contributed by atoms with Crippen molar-refractivity contribution in [2.45, 2.75) is 24.8 Å². The van der Waals surface area contributed by atoms with Crippen LogP contribution in [0, 0.1) is 5.92 Å². The van der Waals surface area contributed by atoms with Crippen LogP contribution in [0.4, 0.5) is 5.82 Å². The highest BCUT2D eigenvalue weighted by Gasteiger charge is 2.54. The molecule has 2 heterocycles. The molecule has 0 aliphatic carbocycles. The summed E-state index contributed by atoms with van der Waals surface area (Å²) in [5.74, 6) is -2.34. The van der Waals surface area contributed by atoms with Crippen molar-refractivity contribution >= 4 is 23.6 Å². The molecule has 0 radical (unpaired) electrons. The van der Waals surface area contributed by atoms with Crippen LogP contribution in [0.3, 0.4) is 0 Å². The van der Waals surface area contributed by atoms with Gasteiger partial charge in [0.2, 0.25) is 11.8 Å². The maximum Gasteiger partial charge on any atom is 0.327 e. The first kappa shape index (κ1) is 24.7. The normalized spacial score (nSPS) is 17.0. The summed E-state index contributed by atoms with van der Waals surface area (Å²) in [5, 5.41) is 9.88. The molecule has 2 amide bonds. The Kier molecular flexibility index (Phi) is 7.19. The number of aromatic nitrogens is 1. The largest absolute Gasteiger partial charge is 0.496 e. The van der Waals surface area contributed by atoms with Crippen LogP contribution in [-0.2, 0) is 20.8 Å². The van der Waals surface area contributed by atoms with Crippen LogP contribution in [0.2, 0.25) is 0 Å². The van der Waals surface area contributed by atoms with Crippen molar-refractivity contribution < 1.29 is 29.0 Å². The van der Waals surface area contributed by atoms with Gasteiger partial charge in [0, 0.05) is 29.7 Å². The fourth-order valence-corrected chi connectivity index (χ4v) is 4.75. The summed E-state index contributed by atoms with van der Waals surface area (Å²) < 4.78 is 11.1. The van der Waals surface area contributed by atoms with Gasteiger partial charge in [0.15, 0.2) is 0 Å². The predicted octanol–water partition coefficient (Wildman–Crippen LogP) is 2.88. The second kappa shape index (κ2) is 10.5. The second-order valence-electron chi connectivity index (χ2n) is 8.53. The number of aliphatic carboxylic acids is 1. The molecule has 36 heavy (non-hydrogen) atoms. The van der Waals surface area contributed by atoms with Crippen molar-refractivity contribution in [1.82, 2.24) is 9.88 Å². The van der Waals surface area contributed by atoms with E-state index < -0.39 is 35.7 Å². The molecule has 3 N–H and O–H groups in total. The van der Waals surface area contributed by atoms with Gasteiger partial charge in [0.25, 0.3) is 0 Å². The molecule has 0 unspecified atom stereocenters. The number of hydrogen-bond donors (Lipinski definition) is 2. The van der Waals surface area contributed by atoms with Crippen molar-refractivity contribution in [3.8, 4) is 11.5 Å². The number of nitrogens with two attached hydrogens (primary N) is 1. The van der Waals surface area contributed by atoms with E-state index in [2.05, 4.69) is 4.98 Å². The molecule has 4 rings (SSSR count). The average molecular weight is 490 g/mol. The standard InChI is InChI=1S/C27H27N3O6/c1-35-21-9-5-3-7-17(21)19(18-8-4-6-10-22(18)36-2)15-24(31)30-25(27(33)34)20(26(30)32)13-16-11-12-29-23(28)14-16/h3-12,14,19-20,25H,13,15H2,1-2H3,(H2,28,29)(H,33,34)/t20-,25+/m1/s1. The molecule has 9 heteroatoms. The van der Waals surface area contributed by atoms with Gasteiger partial charge in [-0.25, -0.2) is 9.78 Å². The van der Waals surface area contributed by atoms with Gasteiger partial charge in [-0.15, -0.1) is 0 Å². The zero-order valence-electron chi connectivity index (χ0n) is 20.0. The summed E-state index contributed by atoms with van der Waals surface area (Å²) in [7, 11) is 3.08. The van der Waals surface area contributed by atoms with E-state index in [1.165, 1.54) is 20.4 Å². The number of amides is 2. The number of pyridine rings is 1. The van der Waals surface area contributed by atoms with Gasteiger partial charge >= 0.3 is 5.97 Å². The molecule has 0 bridgehead atoms. The van der Waals surface area contributed by atoms with Crippen molar-refractivity contribution in [3.63, 3.8) is 0 Å². The Morgan fingerprint density at radius 3 is 2.14 bits per heavy atom. The Labute approximate surface area is 208 Å².